The summed E-state index contributed by atoms with van der Waals surface area (Å²) in [5.74, 6) is -1.14. The van der Waals surface area contributed by atoms with Crippen molar-refractivity contribution in [2.45, 2.75) is 25.8 Å². The van der Waals surface area contributed by atoms with E-state index in [2.05, 4.69) is 10.6 Å². The third-order valence-electron chi connectivity index (χ3n) is 2.94. The van der Waals surface area contributed by atoms with Gasteiger partial charge in [0.1, 0.15) is 0 Å². The summed E-state index contributed by atoms with van der Waals surface area (Å²) < 4.78 is 0. The van der Waals surface area contributed by atoms with E-state index in [0.717, 1.165) is 24.2 Å². The first-order valence-corrected chi connectivity index (χ1v) is 5.95. The highest BCUT2D eigenvalue weighted by atomic mass is 16.4. The zero-order chi connectivity index (χ0) is 13.1. The van der Waals surface area contributed by atoms with Crippen molar-refractivity contribution < 1.29 is 14.7 Å². The number of anilines is 1. The average Bonchev–Trinajstić information content (AvgIpc) is 2.74. The quantitative estimate of drug-likeness (QED) is 0.749. The first-order chi connectivity index (χ1) is 8.56. The van der Waals surface area contributed by atoms with Crippen molar-refractivity contribution in [2.75, 3.05) is 11.9 Å². The Balaban J connectivity index is 2.03. The molecule has 0 aliphatic carbocycles. The molecule has 0 bridgehead atoms. The van der Waals surface area contributed by atoms with Crippen LogP contribution >= 0.6 is 0 Å². The van der Waals surface area contributed by atoms with Gasteiger partial charge in [0.25, 0.3) is 5.91 Å². The summed E-state index contributed by atoms with van der Waals surface area (Å²) in [6.07, 6.45) is 0.847. The fraction of sp³-hybridized carbons (Fsp3) is 0.385. The van der Waals surface area contributed by atoms with Crippen molar-refractivity contribution in [3.63, 3.8) is 0 Å². The molecular formula is C13H16N2O3. The number of rotatable bonds is 4. The van der Waals surface area contributed by atoms with Gasteiger partial charge in [-0.15, -0.1) is 0 Å². The van der Waals surface area contributed by atoms with Gasteiger partial charge >= 0.3 is 5.97 Å². The summed E-state index contributed by atoms with van der Waals surface area (Å²) >= 11 is 0. The molecule has 18 heavy (non-hydrogen) atoms. The van der Waals surface area contributed by atoms with E-state index in [0.29, 0.717) is 5.56 Å². The summed E-state index contributed by atoms with van der Waals surface area (Å²) in [4.78, 5) is 22.4. The van der Waals surface area contributed by atoms with Crippen molar-refractivity contribution in [1.29, 1.82) is 0 Å². The minimum atomic E-state index is -0.916. The molecule has 1 aromatic rings. The zero-order valence-electron chi connectivity index (χ0n) is 10.2. The molecule has 1 aliphatic heterocycles. The number of fused-ring (bicyclic) bond motifs is 1. The molecule has 1 amide bonds. The Morgan fingerprint density at radius 2 is 2.28 bits per heavy atom. The smallest absolute Gasteiger partial charge is 0.305 e. The predicted molar refractivity (Wildman–Crippen MR) is 67.8 cm³/mol. The fourth-order valence-electron chi connectivity index (χ4n) is 2.07. The van der Waals surface area contributed by atoms with E-state index in [4.69, 9.17) is 5.11 Å². The lowest BCUT2D eigenvalue weighted by Crippen LogP contribution is -2.34. The minimum absolute atomic E-state index is 0.0712. The summed E-state index contributed by atoms with van der Waals surface area (Å²) in [7, 11) is 0. The Bertz CT molecular complexity index is 485. The molecule has 1 heterocycles. The third kappa shape index (κ3) is 2.80. The van der Waals surface area contributed by atoms with E-state index >= 15 is 0 Å². The van der Waals surface area contributed by atoms with E-state index < -0.39 is 5.97 Å². The number of hydrogen-bond donors (Lipinski definition) is 3. The number of amides is 1. The lowest BCUT2D eigenvalue weighted by atomic mass is 10.1. The van der Waals surface area contributed by atoms with Gasteiger partial charge in [0, 0.05) is 23.8 Å². The summed E-state index contributed by atoms with van der Waals surface area (Å²) in [5.41, 5.74) is 2.79. The van der Waals surface area contributed by atoms with Crippen LogP contribution in [-0.2, 0) is 11.2 Å². The van der Waals surface area contributed by atoms with Crippen LogP contribution in [0.2, 0.25) is 0 Å². The largest absolute Gasteiger partial charge is 0.481 e. The lowest BCUT2D eigenvalue weighted by Gasteiger charge is -2.12. The number of carbonyl (C=O) groups excluding carboxylic acids is 1. The van der Waals surface area contributed by atoms with E-state index in [1.54, 1.807) is 13.0 Å². The second kappa shape index (κ2) is 5.08. The molecule has 1 unspecified atom stereocenters. The highest BCUT2D eigenvalue weighted by molar-refractivity contribution is 5.95. The van der Waals surface area contributed by atoms with Crippen LogP contribution < -0.4 is 10.6 Å². The van der Waals surface area contributed by atoms with Crippen molar-refractivity contribution in [2.24, 2.45) is 0 Å². The van der Waals surface area contributed by atoms with Crippen molar-refractivity contribution in [3.8, 4) is 0 Å². The molecule has 0 fully saturated rings. The number of aliphatic carboxylic acids is 1. The number of carboxylic acid groups (broad SMARTS) is 1. The second-order valence-electron chi connectivity index (χ2n) is 4.52. The van der Waals surface area contributed by atoms with Crippen LogP contribution in [0, 0.1) is 0 Å². The molecule has 96 valence electrons. The maximum Gasteiger partial charge on any atom is 0.305 e. The number of benzene rings is 1. The molecule has 1 aromatic carbocycles. The maximum absolute atomic E-state index is 11.9. The Kier molecular flexibility index (Phi) is 3.50. The van der Waals surface area contributed by atoms with Gasteiger partial charge in [0.05, 0.1) is 6.42 Å². The molecule has 0 aromatic heterocycles. The zero-order valence-corrected chi connectivity index (χ0v) is 10.2. The van der Waals surface area contributed by atoms with Gasteiger partial charge in [0.15, 0.2) is 0 Å². The van der Waals surface area contributed by atoms with Gasteiger partial charge in [-0.3, -0.25) is 9.59 Å². The highest BCUT2D eigenvalue weighted by Gasteiger charge is 2.15. The molecule has 5 nitrogen and oxygen atoms in total. The summed E-state index contributed by atoms with van der Waals surface area (Å²) in [5, 5.41) is 14.5. The Hall–Kier alpha value is -2.04. The molecule has 5 heteroatoms. The van der Waals surface area contributed by atoms with E-state index in [1.807, 2.05) is 12.1 Å². The molecule has 0 saturated carbocycles. The summed E-state index contributed by atoms with van der Waals surface area (Å²) in [6.45, 7) is 2.58. The standard InChI is InChI=1S/C13H16N2O3/c1-8(6-12(16)17)15-13(18)10-2-3-11-9(7-10)4-5-14-11/h2-3,7-8,14H,4-6H2,1H3,(H,15,18)(H,16,17). The molecular weight excluding hydrogens is 232 g/mol. The van der Waals surface area contributed by atoms with Gasteiger partial charge in [-0.1, -0.05) is 0 Å². The normalized spacial score (nSPS) is 14.5. The molecule has 2 rings (SSSR count). The van der Waals surface area contributed by atoms with Crippen molar-refractivity contribution in [3.05, 3.63) is 29.3 Å². The monoisotopic (exact) mass is 248 g/mol. The number of nitrogens with one attached hydrogen (secondary N) is 2. The highest BCUT2D eigenvalue weighted by Crippen LogP contribution is 2.22. The number of carboxylic acids is 1. The van der Waals surface area contributed by atoms with Gasteiger partial charge in [-0.05, 0) is 37.1 Å². The molecule has 0 spiro atoms. The Morgan fingerprint density at radius 1 is 1.50 bits per heavy atom. The van der Waals surface area contributed by atoms with Gasteiger partial charge in [-0.25, -0.2) is 0 Å². The second-order valence-corrected chi connectivity index (χ2v) is 4.52. The summed E-state index contributed by atoms with van der Waals surface area (Å²) in [6, 6.07) is 5.12. The van der Waals surface area contributed by atoms with E-state index in [9.17, 15) is 9.59 Å². The van der Waals surface area contributed by atoms with Gasteiger partial charge in [0.2, 0.25) is 0 Å². The first kappa shape index (κ1) is 12.4. The molecule has 3 N–H and O–H groups in total. The Labute approximate surface area is 105 Å². The predicted octanol–water partition coefficient (Wildman–Crippen LogP) is 1.25. The van der Waals surface area contributed by atoms with Crippen molar-refractivity contribution in [1.82, 2.24) is 5.32 Å². The Morgan fingerprint density at radius 3 is 3.00 bits per heavy atom. The SMILES string of the molecule is CC(CC(=O)O)NC(=O)c1ccc2c(c1)CCN2. The van der Waals surface area contributed by atoms with Crippen LogP contribution in [0.4, 0.5) is 5.69 Å². The minimum Gasteiger partial charge on any atom is -0.481 e. The van der Waals surface area contributed by atoms with Crippen LogP contribution in [0.1, 0.15) is 29.3 Å². The van der Waals surface area contributed by atoms with Gasteiger partial charge in [-0.2, -0.15) is 0 Å². The third-order valence-corrected chi connectivity index (χ3v) is 2.94. The average molecular weight is 248 g/mol. The van der Waals surface area contributed by atoms with Crippen LogP contribution in [0.3, 0.4) is 0 Å². The number of carbonyl (C=O) groups is 2. The van der Waals surface area contributed by atoms with Crippen LogP contribution in [-0.4, -0.2) is 29.6 Å². The molecule has 1 atom stereocenters. The first-order valence-electron chi connectivity index (χ1n) is 5.95. The van der Waals surface area contributed by atoms with Crippen LogP contribution in [0.5, 0.6) is 0 Å². The van der Waals surface area contributed by atoms with Crippen LogP contribution in [0.15, 0.2) is 18.2 Å². The maximum atomic E-state index is 11.9. The topological polar surface area (TPSA) is 78.4 Å². The molecule has 0 radical (unpaired) electrons. The lowest BCUT2D eigenvalue weighted by molar-refractivity contribution is -0.137. The van der Waals surface area contributed by atoms with Crippen molar-refractivity contribution >= 4 is 17.6 Å². The fourth-order valence-corrected chi connectivity index (χ4v) is 2.07. The molecule has 0 saturated heterocycles. The van der Waals surface area contributed by atoms with Crippen LogP contribution in [0.25, 0.3) is 0 Å². The number of hydrogen-bond acceptors (Lipinski definition) is 3. The van der Waals surface area contributed by atoms with E-state index in [-0.39, 0.29) is 18.4 Å². The van der Waals surface area contributed by atoms with Gasteiger partial charge < -0.3 is 15.7 Å². The van der Waals surface area contributed by atoms with E-state index in [1.165, 1.54) is 0 Å². The molecule has 1 aliphatic rings.